The van der Waals surface area contributed by atoms with Crippen molar-refractivity contribution in [2.45, 2.75) is 6.92 Å². The van der Waals surface area contributed by atoms with Crippen molar-refractivity contribution in [1.29, 1.82) is 0 Å². The number of rotatable bonds is 6. The van der Waals surface area contributed by atoms with Crippen LogP contribution in [0.25, 0.3) is 11.1 Å². The van der Waals surface area contributed by atoms with Crippen LogP contribution in [0.4, 0.5) is 11.4 Å². The molecule has 0 bridgehead atoms. The van der Waals surface area contributed by atoms with Gasteiger partial charge < -0.3 is 23.9 Å². The fraction of sp³-hybridized carbons (Fsp3) is 0.222. The molecule has 0 radical (unpaired) electrons. The average Bonchev–Trinajstić information content (AvgIpc) is 3.04. The number of fused-ring (bicyclic) bond motifs is 1. The highest BCUT2D eigenvalue weighted by molar-refractivity contribution is 6.09. The minimum absolute atomic E-state index is 0.0211. The topological polar surface area (TPSA) is 126 Å². The Labute approximate surface area is 159 Å². The molecule has 0 fully saturated rings. The smallest absolute Gasteiger partial charge is 0.327 e. The van der Waals surface area contributed by atoms with Gasteiger partial charge in [-0.25, -0.2) is 4.98 Å². The first-order valence-corrected chi connectivity index (χ1v) is 8.05. The van der Waals surface area contributed by atoms with Gasteiger partial charge in [0.2, 0.25) is 11.5 Å². The number of hydrogen-bond acceptors (Lipinski definition) is 8. The van der Waals surface area contributed by atoms with Gasteiger partial charge in [-0.1, -0.05) is 0 Å². The number of carbonyl (C=O) groups excluding carboxylic acids is 1. The van der Waals surface area contributed by atoms with E-state index in [9.17, 15) is 14.9 Å². The van der Waals surface area contributed by atoms with Crippen molar-refractivity contribution < 1.29 is 28.3 Å². The molecule has 0 unspecified atom stereocenters. The molecule has 0 saturated heterocycles. The first-order valence-electron chi connectivity index (χ1n) is 8.05. The molecule has 28 heavy (non-hydrogen) atoms. The SMILES string of the molecule is COc1cc(C(=O)Nc2ccc3oc(C)nc3c2)c([N+](=O)[O-])c(OC)c1OC. The van der Waals surface area contributed by atoms with Gasteiger partial charge in [0.05, 0.1) is 26.3 Å². The van der Waals surface area contributed by atoms with Gasteiger partial charge in [0, 0.05) is 18.7 Å². The predicted octanol–water partition coefficient (Wildman–Crippen LogP) is 3.32. The van der Waals surface area contributed by atoms with Crippen molar-refractivity contribution in [2.24, 2.45) is 0 Å². The van der Waals surface area contributed by atoms with Crippen LogP contribution in [0.1, 0.15) is 16.2 Å². The van der Waals surface area contributed by atoms with Crippen LogP contribution >= 0.6 is 0 Å². The number of hydrogen-bond donors (Lipinski definition) is 1. The molecule has 1 aromatic heterocycles. The summed E-state index contributed by atoms with van der Waals surface area (Å²) in [4.78, 5) is 27.9. The maximum Gasteiger partial charge on any atom is 0.327 e. The lowest BCUT2D eigenvalue weighted by molar-refractivity contribution is -0.386. The highest BCUT2D eigenvalue weighted by atomic mass is 16.6. The van der Waals surface area contributed by atoms with Crippen LogP contribution in [0.15, 0.2) is 28.7 Å². The Hall–Kier alpha value is -3.82. The molecule has 146 valence electrons. The van der Waals surface area contributed by atoms with Crippen LogP contribution in [-0.4, -0.2) is 37.1 Å². The summed E-state index contributed by atoms with van der Waals surface area (Å²) in [6.07, 6.45) is 0. The molecule has 10 heteroatoms. The number of ether oxygens (including phenoxy) is 3. The van der Waals surface area contributed by atoms with E-state index in [4.69, 9.17) is 18.6 Å². The number of methoxy groups -OCH3 is 3. The zero-order chi connectivity index (χ0) is 20.4. The zero-order valence-corrected chi connectivity index (χ0v) is 15.6. The summed E-state index contributed by atoms with van der Waals surface area (Å²) in [6, 6.07) is 6.09. The summed E-state index contributed by atoms with van der Waals surface area (Å²) >= 11 is 0. The highest BCUT2D eigenvalue weighted by Gasteiger charge is 2.32. The number of benzene rings is 2. The molecule has 1 N–H and O–H groups in total. The summed E-state index contributed by atoms with van der Waals surface area (Å²) in [7, 11) is 3.91. The molecule has 0 saturated carbocycles. The normalized spacial score (nSPS) is 10.6. The van der Waals surface area contributed by atoms with E-state index in [1.807, 2.05) is 0 Å². The van der Waals surface area contributed by atoms with Crippen molar-refractivity contribution in [3.8, 4) is 17.2 Å². The maximum absolute atomic E-state index is 12.8. The summed E-state index contributed by atoms with van der Waals surface area (Å²) in [5, 5.41) is 14.2. The number of amides is 1. The lowest BCUT2D eigenvalue weighted by Crippen LogP contribution is -2.15. The average molecular weight is 387 g/mol. The second kappa shape index (κ2) is 7.43. The molecule has 0 atom stereocenters. The summed E-state index contributed by atoms with van der Waals surface area (Å²) in [5.41, 5.74) is 0.741. The number of aryl methyl sites for hydroxylation is 1. The Morgan fingerprint density at radius 1 is 1.14 bits per heavy atom. The monoisotopic (exact) mass is 387 g/mol. The van der Waals surface area contributed by atoms with Crippen molar-refractivity contribution in [3.05, 3.63) is 45.8 Å². The van der Waals surface area contributed by atoms with Gasteiger partial charge in [-0.05, 0) is 18.2 Å². The fourth-order valence-electron chi connectivity index (χ4n) is 2.81. The fourth-order valence-corrected chi connectivity index (χ4v) is 2.81. The Morgan fingerprint density at radius 2 is 1.86 bits per heavy atom. The van der Waals surface area contributed by atoms with Crippen LogP contribution in [0.5, 0.6) is 17.2 Å². The van der Waals surface area contributed by atoms with Gasteiger partial charge in [0.1, 0.15) is 11.1 Å². The van der Waals surface area contributed by atoms with Gasteiger partial charge in [-0.15, -0.1) is 0 Å². The van der Waals surface area contributed by atoms with Gasteiger partial charge in [0.15, 0.2) is 17.2 Å². The number of aromatic nitrogens is 1. The van der Waals surface area contributed by atoms with Crippen LogP contribution in [-0.2, 0) is 0 Å². The number of nitrogens with one attached hydrogen (secondary N) is 1. The Kier molecular flexibility index (Phi) is 5.03. The van der Waals surface area contributed by atoms with E-state index in [2.05, 4.69) is 10.3 Å². The van der Waals surface area contributed by atoms with Gasteiger partial charge in [0.25, 0.3) is 5.91 Å². The van der Waals surface area contributed by atoms with Crippen molar-refractivity contribution in [2.75, 3.05) is 26.6 Å². The van der Waals surface area contributed by atoms with Crippen LogP contribution in [0, 0.1) is 17.0 Å². The molecule has 0 spiro atoms. The van der Waals surface area contributed by atoms with E-state index in [-0.39, 0.29) is 22.8 Å². The summed E-state index contributed by atoms with van der Waals surface area (Å²) < 4.78 is 20.8. The Morgan fingerprint density at radius 3 is 2.46 bits per heavy atom. The lowest BCUT2D eigenvalue weighted by Gasteiger charge is -2.15. The van der Waals surface area contributed by atoms with Crippen molar-refractivity contribution >= 4 is 28.4 Å². The number of oxazole rings is 1. The number of nitrogens with zero attached hydrogens (tertiary/aromatic N) is 2. The Balaban J connectivity index is 2.07. The minimum atomic E-state index is -0.717. The molecule has 1 amide bonds. The number of nitro groups is 1. The van der Waals surface area contributed by atoms with E-state index in [1.54, 1.807) is 25.1 Å². The summed E-state index contributed by atoms with van der Waals surface area (Å²) in [5.74, 6) is -0.297. The van der Waals surface area contributed by atoms with Crippen molar-refractivity contribution in [3.63, 3.8) is 0 Å². The largest absolute Gasteiger partial charge is 0.493 e. The molecule has 0 aliphatic carbocycles. The van der Waals surface area contributed by atoms with Crippen LogP contribution < -0.4 is 19.5 Å². The van der Waals surface area contributed by atoms with Crippen LogP contribution in [0.3, 0.4) is 0 Å². The second-order valence-electron chi connectivity index (χ2n) is 5.67. The standard InChI is InChI=1S/C18H17N3O7/c1-9-19-12-7-10(5-6-13(12)28-9)20-18(22)11-8-14(25-2)16(26-3)17(27-4)15(11)21(23)24/h5-8H,1-4H3,(H,20,22). The van der Waals surface area contributed by atoms with E-state index < -0.39 is 16.5 Å². The molecule has 0 aliphatic heterocycles. The Bertz CT molecular complexity index is 1070. The first-order chi connectivity index (χ1) is 13.4. The quantitative estimate of drug-likeness (QED) is 0.504. The highest BCUT2D eigenvalue weighted by Crippen LogP contribution is 2.46. The third-order valence-corrected chi connectivity index (χ3v) is 3.98. The predicted molar refractivity (Wildman–Crippen MR) is 99.5 cm³/mol. The first kappa shape index (κ1) is 19.0. The molecule has 1 heterocycles. The van der Waals surface area contributed by atoms with Gasteiger partial charge >= 0.3 is 5.69 Å². The number of anilines is 1. The molecule has 10 nitrogen and oxygen atoms in total. The van der Waals surface area contributed by atoms with E-state index in [1.165, 1.54) is 27.4 Å². The maximum atomic E-state index is 12.8. The zero-order valence-electron chi connectivity index (χ0n) is 15.6. The van der Waals surface area contributed by atoms with E-state index in [0.717, 1.165) is 0 Å². The lowest BCUT2D eigenvalue weighted by atomic mass is 10.1. The van der Waals surface area contributed by atoms with Gasteiger partial charge in [-0.2, -0.15) is 0 Å². The second-order valence-corrected chi connectivity index (χ2v) is 5.67. The molecule has 3 aromatic rings. The van der Waals surface area contributed by atoms with Gasteiger partial charge in [-0.3, -0.25) is 14.9 Å². The summed E-state index contributed by atoms with van der Waals surface area (Å²) in [6.45, 7) is 1.71. The number of carbonyl (C=O) groups is 1. The van der Waals surface area contributed by atoms with E-state index in [0.29, 0.717) is 22.7 Å². The molecule has 0 aliphatic rings. The van der Waals surface area contributed by atoms with Crippen LogP contribution in [0.2, 0.25) is 0 Å². The van der Waals surface area contributed by atoms with E-state index >= 15 is 0 Å². The number of nitro benzene ring substituents is 1. The third kappa shape index (κ3) is 3.27. The molecule has 3 rings (SSSR count). The van der Waals surface area contributed by atoms with Crippen molar-refractivity contribution in [1.82, 2.24) is 4.98 Å². The minimum Gasteiger partial charge on any atom is -0.493 e. The molecule has 2 aromatic carbocycles. The molecular weight excluding hydrogens is 370 g/mol. The third-order valence-electron chi connectivity index (χ3n) is 3.98. The molecular formula is C18H17N3O7.